The number of carbonyl (C=O) groups excluding carboxylic acids is 1. The number of pyridine rings is 1. The van der Waals surface area contributed by atoms with E-state index in [2.05, 4.69) is 34.8 Å². The summed E-state index contributed by atoms with van der Waals surface area (Å²) in [4.78, 5) is 18.3. The Morgan fingerprint density at radius 2 is 2.11 bits per heavy atom. The second-order valence-corrected chi connectivity index (χ2v) is 7.66. The zero-order chi connectivity index (χ0) is 18.6. The molecule has 2 aliphatic rings. The van der Waals surface area contributed by atoms with Crippen LogP contribution < -0.4 is 0 Å². The van der Waals surface area contributed by atoms with E-state index in [0.29, 0.717) is 25.7 Å². The molecule has 0 saturated carbocycles. The molecule has 6 nitrogen and oxygen atoms in total. The summed E-state index contributed by atoms with van der Waals surface area (Å²) in [6.45, 7) is 5.86. The number of fused-ring (bicyclic) bond motifs is 3. The molecule has 138 valence electrons. The minimum atomic E-state index is -0.215. The van der Waals surface area contributed by atoms with Crippen molar-refractivity contribution in [3.63, 3.8) is 0 Å². The van der Waals surface area contributed by atoms with Gasteiger partial charge in [0.2, 0.25) is 0 Å². The minimum Gasteiger partial charge on any atom is -0.450 e. The summed E-state index contributed by atoms with van der Waals surface area (Å²) in [6, 6.07) is 12.8. The molecule has 2 aromatic heterocycles. The van der Waals surface area contributed by atoms with E-state index >= 15 is 0 Å². The van der Waals surface area contributed by atoms with Gasteiger partial charge in [0.15, 0.2) is 0 Å². The fraction of sp³-hybridized carbons (Fsp3) is 0.381. The number of para-hydroxylation sites is 1. The Labute approximate surface area is 157 Å². The Morgan fingerprint density at radius 1 is 1.30 bits per heavy atom. The Bertz CT molecular complexity index is 1040. The van der Waals surface area contributed by atoms with Gasteiger partial charge in [-0.25, -0.2) is 4.79 Å². The van der Waals surface area contributed by atoms with Crippen molar-refractivity contribution < 1.29 is 9.53 Å². The number of ether oxygens (including phenoxy) is 1. The number of hydrogen-bond donors (Lipinski definition) is 0. The van der Waals surface area contributed by atoms with Crippen LogP contribution in [-0.2, 0) is 10.2 Å². The summed E-state index contributed by atoms with van der Waals surface area (Å²) in [5, 5.41) is 5.99. The van der Waals surface area contributed by atoms with Gasteiger partial charge >= 0.3 is 6.09 Å². The monoisotopic (exact) mass is 362 g/mol. The Morgan fingerprint density at radius 3 is 2.93 bits per heavy atom. The molecule has 1 saturated heterocycles. The molecular formula is C21H22N4O2. The van der Waals surface area contributed by atoms with Crippen molar-refractivity contribution in [1.82, 2.24) is 19.7 Å². The number of benzene rings is 1. The van der Waals surface area contributed by atoms with Gasteiger partial charge in [-0.05, 0) is 38.5 Å². The van der Waals surface area contributed by atoms with Gasteiger partial charge in [-0.1, -0.05) is 18.2 Å². The number of amides is 1. The topological polar surface area (TPSA) is 60.2 Å². The lowest BCUT2D eigenvalue weighted by atomic mass is 9.75. The van der Waals surface area contributed by atoms with E-state index in [4.69, 9.17) is 9.84 Å². The van der Waals surface area contributed by atoms with Crippen LogP contribution in [0, 0.1) is 0 Å². The number of likely N-dealkylation sites (tertiary alicyclic amines) is 1. The van der Waals surface area contributed by atoms with Crippen LogP contribution in [0.3, 0.4) is 0 Å². The van der Waals surface area contributed by atoms with Crippen LogP contribution in [0.2, 0.25) is 0 Å². The van der Waals surface area contributed by atoms with Crippen molar-refractivity contribution in [1.29, 1.82) is 0 Å². The number of carbonyl (C=O) groups is 1. The van der Waals surface area contributed by atoms with Crippen molar-refractivity contribution in [2.75, 3.05) is 19.7 Å². The Kier molecular flexibility index (Phi) is 3.50. The first-order chi connectivity index (χ1) is 13.1. The molecule has 1 amide bonds. The molecule has 2 aliphatic heterocycles. The van der Waals surface area contributed by atoms with E-state index in [0.717, 1.165) is 28.6 Å². The highest BCUT2D eigenvalue weighted by Crippen LogP contribution is 2.48. The maximum absolute atomic E-state index is 12.0. The van der Waals surface area contributed by atoms with Gasteiger partial charge in [-0.2, -0.15) is 5.10 Å². The van der Waals surface area contributed by atoms with Gasteiger partial charge < -0.3 is 9.64 Å². The average molecular weight is 362 g/mol. The summed E-state index contributed by atoms with van der Waals surface area (Å²) in [5.74, 6) is 0. The Balaban J connectivity index is 1.47. The lowest BCUT2D eigenvalue weighted by molar-refractivity contribution is 0.0384. The smallest absolute Gasteiger partial charge is 0.409 e. The first kappa shape index (κ1) is 16.3. The highest BCUT2D eigenvalue weighted by atomic mass is 16.6. The zero-order valence-electron chi connectivity index (χ0n) is 15.6. The van der Waals surface area contributed by atoms with Crippen LogP contribution in [0.1, 0.15) is 32.0 Å². The third-order valence-corrected chi connectivity index (χ3v) is 5.78. The van der Waals surface area contributed by atoms with Gasteiger partial charge in [-0.3, -0.25) is 9.67 Å². The molecule has 27 heavy (non-hydrogen) atoms. The summed E-state index contributed by atoms with van der Waals surface area (Å²) < 4.78 is 7.27. The summed E-state index contributed by atoms with van der Waals surface area (Å²) in [5.41, 5.74) is 4.19. The highest BCUT2D eigenvalue weighted by Gasteiger charge is 2.53. The molecule has 1 atom stereocenters. The quantitative estimate of drug-likeness (QED) is 0.696. The average Bonchev–Trinajstić information content (AvgIpc) is 3.19. The normalized spacial score (nSPS) is 19.9. The first-order valence-electron chi connectivity index (χ1n) is 9.46. The molecular weight excluding hydrogens is 340 g/mol. The van der Waals surface area contributed by atoms with E-state index in [1.54, 1.807) is 4.90 Å². The first-order valence-corrected chi connectivity index (χ1v) is 9.46. The van der Waals surface area contributed by atoms with Crippen LogP contribution in [0.4, 0.5) is 4.79 Å². The maximum atomic E-state index is 12.0. The van der Waals surface area contributed by atoms with Crippen molar-refractivity contribution >= 4 is 17.0 Å². The fourth-order valence-corrected chi connectivity index (χ4v) is 4.55. The molecule has 1 fully saturated rings. The third kappa shape index (κ3) is 2.43. The van der Waals surface area contributed by atoms with Crippen molar-refractivity contribution in [3.8, 4) is 11.3 Å². The second kappa shape index (κ2) is 5.81. The molecule has 1 spiro atoms. The van der Waals surface area contributed by atoms with Crippen LogP contribution >= 0.6 is 0 Å². The van der Waals surface area contributed by atoms with Gasteiger partial charge in [0, 0.05) is 41.3 Å². The number of nitrogens with zero attached hydrogens (tertiary/aromatic N) is 4. The summed E-state index contributed by atoms with van der Waals surface area (Å²) >= 11 is 0. The molecule has 0 N–H and O–H groups in total. The largest absolute Gasteiger partial charge is 0.450 e. The van der Waals surface area contributed by atoms with E-state index in [1.165, 1.54) is 5.69 Å². The van der Waals surface area contributed by atoms with Gasteiger partial charge in [-0.15, -0.1) is 0 Å². The van der Waals surface area contributed by atoms with Crippen LogP contribution in [0.5, 0.6) is 0 Å². The molecule has 0 radical (unpaired) electrons. The van der Waals surface area contributed by atoms with E-state index in [9.17, 15) is 4.79 Å². The van der Waals surface area contributed by atoms with Crippen molar-refractivity contribution in [3.05, 3.63) is 48.3 Å². The molecule has 3 aromatic rings. The predicted molar refractivity (Wildman–Crippen MR) is 103 cm³/mol. The number of hydrogen-bond acceptors (Lipinski definition) is 4. The molecule has 1 unspecified atom stereocenters. The fourth-order valence-electron chi connectivity index (χ4n) is 4.55. The highest BCUT2D eigenvalue weighted by molar-refractivity contribution is 5.82. The van der Waals surface area contributed by atoms with Gasteiger partial charge in [0.05, 0.1) is 23.9 Å². The van der Waals surface area contributed by atoms with E-state index in [1.807, 2.05) is 31.3 Å². The molecule has 0 bridgehead atoms. The molecule has 1 aromatic carbocycles. The van der Waals surface area contributed by atoms with Crippen molar-refractivity contribution in [2.45, 2.75) is 31.7 Å². The lowest BCUT2D eigenvalue weighted by Crippen LogP contribution is -2.60. The zero-order valence-corrected chi connectivity index (χ0v) is 15.6. The summed E-state index contributed by atoms with van der Waals surface area (Å²) in [7, 11) is 0. The molecule has 5 rings (SSSR count). The van der Waals surface area contributed by atoms with E-state index in [-0.39, 0.29) is 11.5 Å². The van der Waals surface area contributed by atoms with Crippen molar-refractivity contribution in [2.24, 2.45) is 0 Å². The van der Waals surface area contributed by atoms with Gasteiger partial charge in [0.1, 0.15) is 0 Å². The molecule has 4 heterocycles. The second-order valence-electron chi connectivity index (χ2n) is 7.66. The van der Waals surface area contributed by atoms with Crippen LogP contribution in [-0.4, -0.2) is 45.5 Å². The summed E-state index contributed by atoms with van der Waals surface area (Å²) in [6.07, 6.45) is 2.69. The Hall–Kier alpha value is -2.89. The number of rotatable bonds is 2. The van der Waals surface area contributed by atoms with Crippen LogP contribution in [0.15, 0.2) is 42.6 Å². The molecule has 6 heteroatoms. The minimum absolute atomic E-state index is 0.00169. The number of aromatic nitrogens is 3. The lowest BCUT2D eigenvalue weighted by Gasteiger charge is -2.46. The molecule has 0 aliphatic carbocycles. The standard InChI is InChI=1S/C21H22N4O2/c1-3-27-20(26)24-12-21(13-24)10-14(2)25-19(21)9-18(23-25)16-8-15-6-4-5-7-17(15)22-11-16/h4-9,11,14H,3,10,12-13H2,1-2H3. The SMILES string of the molecule is CCOC(=O)N1CC2(CC(C)n3nc(-c4cnc5ccccc5c4)cc32)C1. The van der Waals surface area contributed by atoms with E-state index < -0.39 is 0 Å². The van der Waals surface area contributed by atoms with Gasteiger partial charge in [0.25, 0.3) is 0 Å². The predicted octanol–water partition coefficient (Wildman–Crippen LogP) is 3.77. The maximum Gasteiger partial charge on any atom is 0.409 e. The third-order valence-electron chi connectivity index (χ3n) is 5.78. The van der Waals surface area contributed by atoms with Crippen LogP contribution in [0.25, 0.3) is 22.2 Å².